The van der Waals surface area contributed by atoms with Gasteiger partial charge in [-0.2, -0.15) is 0 Å². The standard InChI is InChI=1S/C23H29N3O2/c1-28-22-13-6-5-12-21(22)25-23(27)24-18-14-19-10-7-11-20(15-18)26(19)16-17-8-3-2-4-9-17/h2-6,8-9,12-13,18-20H,7,10-11,14-16H2,1H3,(H2,24,25,27)/t19-,20-/m0/s1. The Balaban J connectivity index is 1.37. The van der Waals surface area contributed by atoms with Gasteiger partial charge in [0.05, 0.1) is 12.8 Å². The molecule has 2 aliphatic heterocycles. The van der Waals surface area contributed by atoms with Crippen LogP contribution in [0.3, 0.4) is 0 Å². The number of nitrogens with one attached hydrogen (secondary N) is 2. The van der Waals surface area contributed by atoms with E-state index in [9.17, 15) is 4.79 Å². The highest BCUT2D eigenvalue weighted by Gasteiger charge is 2.38. The van der Waals surface area contributed by atoms with Crippen LogP contribution in [0.25, 0.3) is 0 Å². The monoisotopic (exact) mass is 379 g/mol. The predicted octanol–water partition coefficient (Wildman–Crippen LogP) is 4.40. The summed E-state index contributed by atoms with van der Waals surface area (Å²) >= 11 is 0. The van der Waals surface area contributed by atoms with E-state index in [-0.39, 0.29) is 12.1 Å². The van der Waals surface area contributed by atoms with E-state index in [2.05, 4.69) is 45.9 Å². The summed E-state index contributed by atoms with van der Waals surface area (Å²) in [6, 6.07) is 19.4. The lowest BCUT2D eigenvalue weighted by Crippen LogP contribution is -2.56. The lowest BCUT2D eigenvalue weighted by atomic mass is 9.81. The summed E-state index contributed by atoms with van der Waals surface area (Å²) in [7, 11) is 1.61. The van der Waals surface area contributed by atoms with Crippen LogP contribution in [0, 0.1) is 0 Å². The molecule has 5 heteroatoms. The van der Waals surface area contributed by atoms with Crippen molar-refractivity contribution in [2.75, 3.05) is 12.4 Å². The summed E-state index contributed by atoms with van der Waals surface area (Å²) in [5.41, 5.74) is 2.07. The number of methoxy groups -OCH3 is 1. The number of hydrogen-bond acceptors (Lipinski definition) is 3. The molecule has 28 heavy (non-hydrogen) atoms. The van der Waals surface area contributed by atoms with Gasteiger partial charge in [-0.05, 0) is 43.4 Å². The van der Waals surface area contributed by atoms with Crippen molar-refractivity contribution in [3.8, 4) is 5.75 Å². The molecule has 0 saturated carbocycles. The Morgan fingerprint density at radius 3 is 2.43 bits per heavy atom. The van der Waals surface area contributed by atoms with Crippen molar-refractivity contribution >= 4 is 11.7 Å². The molecule has 0 aromatic heterocycles. The molecule has 4 rings (SSSR count). The molecule has 2 amide bonds. The van der Waals surface area contributed by atoms with Gasteiger partial charge in [-0.15, -0.1) is 0 Å². The Morgan fingerprint density at radius 1 is 1.04 bits per heavy atom. The van der Waals surface area contributed by atoms with Crippen molar-refractivity contribution in [3.63, 3.8) is 0 Å². The van der Waals surface area contributed by atoms with Crippen LogP contribution < -0.4 is 15.4 Å². The maximum absolute atomic E-state index is 12.5. The van der Waals surface area contributed by atoms with Crippen molar-refractivity contribution < 1.29 is 9.53 Å². The molecule has 0 aliphatic carbocycles. The largest absolute Gasteiger partial charge is 0.495 e. The molecular formula is C23H29N3O2. The summed E-state index contributed by atoms with van der Waals surface area (Å²) in [6.07, 6.45) is 5.76. The van der Waals surface area contributed by atoms with Gasteiger partial charge in [0.1, 0.15) is 5.75 Å². The van der Waals surface area contributed by atoms with Gasteiger partial charge in [0, 0.05) is 24.7 Å². The fraction of sp³-hybridized carbons (Fsp3) is 0.435. The first-order valence-corrected chi connectivity index (χ1v) is 10.2. The summed E-state index contributed by atoms with van der Waals surface area (Å²) in [5, 5.41) is 6.14. The van der Waals surface area contributed by atoms with E-state index in [1.807, 2.05) is 24.3 Å². The molecule has 2 aromatic carbocycles. The Kier molecular flexibility index (Phi) is 5.81. The van der Waals surface area contributed by atoms with Gasteiger partial charge < -0.3 is 15.4 Å². The van der Waals surface area contributed by atoms with Crippen LogP contribution in [0.5, 0.6) is 5.75 Å². The molecular weight excluding hydrogens is 350 g/mol. The molecule has 2 aliphatic rings. The number of benzene rings is 2. The molecule has 0 unspecified atom stereocenters. The van der Waals surface area contributed by atoms with Crippen LogP contribution in [0.4, 0.5) is 10.5 Å². The number of amides is 2. The lowest BCUT2D eigenvalue weighted by Gasteiger charge is -2.49. The van der Waals surface area contributed by atoms with Crippen LogP contribution in [0.2, 0.25) is 0 Å². The van der Waals surface area contributed by atoms with Crippen LogP contribution in [0.1, 0.15) is 37.7 Å². The Labute approximate surface area is 167 Å². The zero-order chi connectivity index (χ0) is 19.3. The Bertz CT molecular complexity index is 781. The highest BCUT2D eigenvalue weighted by molar-refractivity contribution is 5.91. The highest BCUT2D eigenvalue weighted by atomic mass is 16.5. The number of anilines is 1. The lowest BCUT2D eigenvalue weighted by molar-refractivity contribution is 0.0200. The van der Waals surface area contributed by atoms with Crippen LogP contribution in [0.15, 0.2) is 54.6 Å². The number of hydrogen-bond donors (Lipinski definition) is 2. The van der Waals surface area contributed by atoms with Gasteiger partial charge >= 0.3 is 6.03 Å². The quantitative estimate of drug-likeness (QED) is 0.809. The molecule has 2 N–H and O–H groups in total. The van der Waals surface area contributed by atoms with Gasteiger partial charge in [-0.3, -0.25) is 4.90 Å². The molecule has 0 radical (unpaired) electrons. The zero-order valence-electron chi connectivity index (χ0n) is 16.4. The molecule has 2 saturated heterocycles. The van der Waals surface area contributed by atoms with Crippen LogP contribution in [-0.4, -0.2) is 36.2 Å². The highest BCUT2D eigenvalue weighted by Crippen LogP contribution is 2.35. The van der Waals surface area contributed by atoms with Crippen molar-refractivity contribution in [2.24, 2.45) is 0 Å². The van der Waals surface area contributed by atoms with E-state index >= 15 is 0 Å². The second-order valence-corrected chi connectivity index (χ2v) is 7.86. The third-order valence-corrected chi connectivity index (χ3v) is 6.02. The van der Waals surface area contributed by atoms with Crippen molar-refractivity contribution in [1.82, 2.24) is 10.2 Å². The fourth-order valence-electron chi connectivity index (χ4n) is 4.74. The topological polar surface area (TPSA) is 53.6 Å². The molecule has 2 bridgehead atoms. The predicted molar refractivity (Wildman–Crippen MR) is 112 cm³/mol. The van der Waals surface area contributed by atoms with E-state index in [0.717, 1.165) is 19.4 Å². The summed E-state index contributed by atoms with van der Waals surface area (Å²) in [6.45, 7) is 1.01. The smallest absolute Gasteiger partial charge is 0.319 e. The number of nitrogens with zero attached hydrogens (tertiary/aromatic N) is 1. The van der Waals surface area contributed by atoms with E-state index in [0.29, 0.717) is 23.5 Å². The first kappa shape index (κ1) is 18.8. The summed E-state index contributed by atoms with van der Waals surface area (Å²) < 4.78 is 5.32. The van der Waals surface area contributed by atoms with Crippen LogP contribution >= 0.6 is 0 Å². The first-order chi connectivity index (χ1) is 13.7. The first-order valence-electron chi connectivity index (χ1n) is 10.2. The van der Waals surface area contributed by atoms with E-state index in [1.165, 1.54) is 24.8 Å². The minimum absolute atomic E-state index is 0.149. The Hall–Kier alpha value is -2.53. The van der Waals surface area contributed by atoms with Gasteiger partial charge in [0.15, 0.2) is 0 Å². The van der Waals surface area contributed by atoms with Gasteiger partial charge in [-0.1, -0.05) is 48.9 Å². The number of rotatable bonds is 5. The minimum Gasteiger partial charge on any atom is -0.495 e. The Morgan fingerprint density at radius 2 is 1.71 bits per heavy atom. The number of piperidine rings is 2. The van der Waals surface area contributed by atoms with Crippen LogP contribution in [-0.2, 0) is 6.54 Å². The number of ether oxygens (including phenoxy) is 1. The van der Waals surface area contributed by atoms with E-state index in [4.69, 9.17) is 4.74 Å². The summed E-state index contributed by atoms with van der Waals surface area (Å²) in [5.74, 6) is 0.673. The maximum Gasteiger partial charge on any atom is 0.319 e. The number of carbonyl (C=O) groups excluding carboxylic acids is 1. The van der Waals surface area contributed by atoms with E-state index in [1.54, 1.807) is 7.11 Å². The average molecular weight is 380 g/mol. The third-order valence-electron chi connectivity index (χ3n) is 6.02. The third kappa shape index (κ3) is 4.30. The number of urea groups is 1. The van der Waals surface area contributed by atoms with Gasteiger partial charge in [0.25, 0.3) is 0 Å². The molecule has 2 heterocycles. The summed E-state index contributed by atoms with van der Waals surface area (Å²) in [4.78, 5) is 15.2. The van der Waals surface area contributed by atoms with Gasteiger partial charge in [0.2, 0.25) is 0 Å². The second kappa shape index (κ2) is 8.65. The van der Waals surface area contributed by atoms with Crippen molar-refractivity contribution in [1.29, 1.82) is 0 Å². The normalized spacial score (nSPS) is 24.4. The number of fused-ring (bicyclic) bond motifs is 2. The maximum atomic E-state index is 12.5. The molecule has 5 nitrogen and oxygen atoms in total. The second-order valence-electron chi connectivity index (χ2n) is 7.86. The van der Waals surface area contributed by atoms with Gasteiger partial charge in [-0.25, -0.2) is 4.79 Å². The average Bonchev–Trinajstić information content (AvgIpc) is 2.70. The van der Waals surface area contributed by atoms with Crippen molar-refractivity contribution in [2.45, 2.75) is 56.8 Å². The number of carbonyl (C=O) groups is 1. The molecule has 0 spiro atoms. The molecule has 2 fully saturated rings. The molecule has 2 aromatic rings. The molecule has 2 atom stereocenters. The van der Waals surface area contributed by atoms with E-state index < -0.39 is 0 Å². The molecule has 148 valence electrons. The fourth-order valence-corrected chi connectivity index (χ4v) is 4.74. The van der Waals surface area contributed by atoms with Crippen molar-refractivity contribution in [3.05, 3.63) is 60.2 Å². The SMILES string of the molecule is COc1ccccc1NC(=O)NC1C[C@@H]2CCC[C@@H](C1)N2Cc1ccccc1. The zero-order valence-corrected chi connectivity index (χ0v) is 16.4. The minimum atomic E-state index is -0.149. The number of para-hydroxylation sites is 2.